The number of aryl methyl sites for hydroxylation is 1. The van der Waals surface area contributed by atoms with E-state index in [1.165, 1.54) is 25.3 Å². The number of carbonyl (C=O) groups excluding carboxylic acids is 1. The first kappa shape index (κ1) is 26.7. The lowest BCUT2D eigenvalue weighted by Crippen LogP contribution is -2.06. The first-order valence-electron chi connectivity index (χ1n) is 13.6. The van der Waals surface area contributed by atoms with Gasteiger partial charge in [0.25, 0.3) is 0 Å². The molecule has 0 N–H and O–H groups in total. The number of pyridine rings is 1. The summed E-state index contributed by atoms with van der Waals surface area (Å²) >= 11 is 0. The van der Waals surface area contributed by atoms with Crippen molar-refractivity contribution in [2.75, 3.05) is 13.7 Å². The Kier molecular flexibility index (Phi) is 7.30. The molecule has 210 valence electrons. The Balaban J connectivity index is 1.19. The molecule has 0 saturated carbocycles. The molecule has 41 heavy (non-hydrogen) atoms. The van der Waals surface area contributed by atoms with Crippen LogP contribution in [0.15, 0.2) is 66.7 Å². The lowest BCUT2D eigenvalue weighted by atomic mass is 9.96. The van der Waals surface area contributed by atoms with Crippen LogP contribution >= 0.6 is 0 Å². The molecular formula is C33H29F2NO5. The van der Waals surface area contributed by atoms with Gasteiger partial charge in [-0.25, -0.2) is 8.78 Å². The summed E-state index contributed by atoms with van der Waals surface area (Å²) in [5, 5.41) is 0. The molecule has 0 saturated heterocycles. The van der Waals surface area contributed by atoms with E-state index in [9.17, 15) is 4.79 Å². The summed E-state index contributed by atoms with van der Waals surface area (Å²) < 4.78 is 53.0. The number of halogens is 2. The van der Waals surface area contributed by atoms with Crippen LogP contribution in [-0.2, 0) is 16.0 Å². The van der Waals surface area contributed by atoms with Crippen molar-refractivity contribution in [1.82, 2.24) is 4.98 Å². The molecule has 0 bridgehead atoms. The minimum Gasteiger partial charge on any atom is -0.493 e. The van der Waals surface area contributed by atoms with Crippen LogP contribution in [0, 0.1) is 18.6 Å². The number of hydrogen-bond acceptors (Lipinski definition) is 6. The number of aromatic nitrogens is 1. The van der Waals surface area contributed by atoms with Gasteiger partial charge < -0.3 is 18.9 Å². The number of methoxy groups -OCH3 is 1. The van der Waals surface area contributed by atoms with E-state index in [1.54, 1.807) is 12.1 Å². The molecule has 4 aromatic rings. The molecule has 8 heteroatoms. The second-order valence-electron chi connectivity index (χ2n) is 10.3. The number of rotatable bonds is 8. The highest BCUT2D eigenvalue weighted by atomic mass is 19.1. The molecule has 0 spiro atoms. The van der Waals surface area contributed by atoms with Gasteiger partial charge in [-0.1, -0.05) is 12.1 Å². The molecule has 1 aromatic heterocycles. The minimum atomic E-state index is -0.530. The summed E-state index contributed by atoms with van der Waals surface area (Å²) in [4.78, 5) is 16.0. The highest BCUT2D eigenvalue weighted by Crippen LogP contribution is 2.45. The summed E-state index contributed by atoms with van der Waals surface area (Å²) in [6, 6.07) is 18.7. The van der Waals surface area contributed by atoms with Crippen molar-refractivity contribution < 1.29 is 32.5 Å². The SMILES string of the molecule is COC(=O)CC[C@@H]1COc2cc(O[C@@H]3CCc4c(Oc5ccc(-c6cccc(C)n6)cc5F)ccc(F)c43)ccc21. The lowest BCUT2D eigenvalue weighted by molar-refractivity contribution is -0.140. The molecule has 0 unspecified atom stereocenters. The largest absolute Gasteiger partial charge is 0.493 e. The maximum atomic E-state index is 15.1. The molecule has 2 aliphatic rings. The zero-order chi connectivity index (χ0) is 28.5. The van der Waals surface area contributed by atoms with Crippen molar-refractivity contribution in [2.45, 2.75) is 44.6 Å². The average molecular weight is 558 g/mol. The fourth-order valence-corrected chi connectivity index (χ4v) is 5.55. The van der Waals surface area contributed by atoms with Crippen molar-refractivity contribution in [3.05, 3.63) is 101 Å². The molecule has 0 fully saturated rings. The molecule has 1 aliphatic heterocycles. The lowest BCUT2D eigenvalue weighted by Gasteiger charge is -2.17. The van der Waals surface area contributed by atoms with Gasteiger partial charge in [0.05, 0.1) is 19.4 Å². The number of fused-ring (bicyclic) bond motifs is 2. The number of nitrogens with zero attached hydrogens (tertiary/aromatic N) is 1. The Labute approximate surface area is 236 Å². The Morgan fingerprint density at radius 2 is 1.88 bits per heavy atom. The predicted octanol–water partition coefficient (Wildman–Crippen LogP) is 7.62. The molecule has 6 rings (SSSR count). The summed E-state index contributed by atoms with van der Waals surface area (Å²) in [5.41, 5.74) is 4.26. The second-order valence-corrected chi connectivity index (χ2v) is 10.3. The standard InChI is InChI=1S/C33H29F2NO5/c1-19-4-3-5-27(36-19)20-6-12-29(26(35)16-20)41-28-14-11-25(34)33-24(28)10-13-30(33)40-22-8-9-23-21(7-15-32(37)38-2)18-39-31(23)17-22/h3-6,8-9,11-12,14,16-17,21,30H,7,10,13,15,18H2,1-2H3/t21-,30-/m1/s1. The monoisotopic (exact) mass is 557 g/mol. The van der Waals surface area contributed by atoms with Crippen molar-refractivity contribution in [2.24, 2.45) is 0 Å². The zero-order valence-electron chi connectivity index (χ0n) is 22.8. The molecule has 6 nitrogen and oxygen atoms in total. The van der Waals surface area contributed by atoms with Crippen LogP contribution in [0.2, 0.25) is 0 Å². The van der Waals surface area contributed by atoms with Gasteiger partial charge in [-0.05, 0) is 74.7 Å². The van der Waals surface area contributed by atoms with Gasteiger partial charge >= 0.3 is 5.97 Å². The predicted molar refractivity (Wildman–Crippen MR) is 148 cm³/mol. The van der Waals surface area contributed by atoms with E-state index < -0.39 is 17.7 Å². The van der Waals surface area contributed by atoms with Crippen LogP contribution in [-0.4, -0.2) is 24.7 Å². The van der Waals surface area contributed by atoms with Crippen LogP contribution in [0.1, 0.15) is 53.7 Å². The quantitative estimate of drug-likeness (QED) is 0.208. The number of ether oxygens (including phenoxy) is 4. The summed E-state index contributed by atoms with van der Waals surface area (Å²) in [7, 11) is 1.38. The molecule has 1 aliphatic carbocycles. The van der Waals surface area contributed by atoms with Crippen molar-refractivity contribution >= 4 is 5.97 Å². The first-order chi connectivity index (χ1) is 19.9. The van der Waals surface area contributed by atoms with Crippen LogP contribution in [0.25, 0.3) is 11.3 Å². The van der Waals surface area contributed by atoms with Crippen LogP contribution < -0.4 is 14.2 Å². The fraction of sp³-hybridized carbons (Fsp3) is 0.273. The maximum absolute atomic E-state index is 15.1. The first-order valence-corrected chi connectivity index (χ1v) is 13.6. The van der Waals surface area contributed by atoms with Gasteiger partial charge in [-0.3, -0.25) is 9.78 Å². The smallest absolute Gasteiger partial charge is 0.305 e. The van der Waals surface area contributed by atoms with Gasteiger partial charge in [0.1, 0.15) is 29.2 Å². The highest BCUT2D eigenvalue weighted by Gasteiger charge is 2.32. The van der Waals surface area contributed by atoms with E-state index in [1.807, 2.05) is 43.3 Å². The fourth-order valence-electron chi connectivity index (χ4n) is 5.55. The van der Waals surface area contributed by atoms with E-state index in [4.69, 9.17) is 18.9 Å². The zero-order valence-corrected chi connectivity index (χ0v) is 22.8. The molecular weight excluding hydrogens is 528 g/mol. The van der Waals surface area contributed by atoms with Gasteiger partial charge in [-0.2, -0.15) is 0 Å². The Bertz CT molecular complexity index is 1620. The maximum Gasteiger partial charge on any atom is 0.305 e. The van der Waals surface area contributed by atoms with Crippen LogP contribution in [0.3, 0.4) is 0 Å². The average Bonchev–Trinajstić information content (AvgIpc) is 3.58. The Morgan fingerprint density at radius 1 is 1.02 bits per heavy atom. The summed E-state index contributed by atoms with van der Waals surface area (Å²) in [6.45, 7) is 2.36. The van der Waals surface area contributed by atoms with Crippen LogP contribution in [0.4, 0.5) is 8.78 Å². The van der Waals surface area contributed by atoms with E-state index in [2.05, 4.69) is 4.98 Å². The normalized spacial score (nSPS) is 17.0. The number of esters is 1. The Morgan fingerprint density at radius 3 is 2.68 bits per heavy atom. The number of carbonyl (C=O) groups is 1. The Hall–Kier alpha value is -4.46. The van der Waals surface area contributed by atoms with E-state index in [0.29, 0.717) is 71.9 Å². The van der Waals surface area contributed by atoms with E-state index in [-0.39, 0.29) is 17.6 Å². The minimum absolute atomic E-state index is 0.0529. The van der Waals surface area contributed by atoms with E-state index >= 15 is 8.78 Å². The molecule has 0 radical (unpaired) electrons. The molecule has 3 aromatic carbocycles. The summed E-state index contributed by atoms with van der Waals surface area (Å²) in [6.07, 6.45) is 1.51. The van der Waals surface area contributed by atoms with E-state index in [0.717, 1.165) is 11.3 Å². The van der Waals surface area contributed by atoms with Crippen molar-refractivity contribution in [1.29, 1.82) is 0 Å². The molecule has 2 atom stereocenters. The third-order valence-corrected chi connectivity index (χ3v) is 7.64. The summed E-state index contributed by atoms with van der Waals surface area (Å²) in [5.74, 6) is 0.651. The second kappa shape index (κ2) is 11.2. The van der Waals surface area contributed by atoms with Gasteiger partial charge in [0.15, 0.2) is 11.6 Å². The molecule has 2 heterocycles. The van der Waals surface area contributed by atoms with Gasteiger partial charge in [0, 0.05) is 46.4 Å². The van der Waals surface area contributed by atoms with Crippen molar-refractivity contribution in [3.8, 4) is 34.3 Å². The number of benzene rings is 3. The third-order valence-electron chi connectivity index (χ3n) is 7.64. The highest BCUT2D eigenvalue weighted by molar-refractivity contribution is 5.69. The van der Waals surface area contributed by atoms with Crippen molar-refractivity contribution in [3.63, 3.8) is 0 Å². The third kappa shape index (κ3) is 5.46. The number of hydrogen-bond donors (Lipinski definition) is 0. The van der Waals surface area contributed by atoms with Crippen LogP contribution in [0.5, 0.6) is 23.0 Å². The van der Waals surface area contributed by atoms with Gasteiger partial charge in [0.2, 0.25) is 0 Å². The molecule has 0 amide bonds. The topological polar surface area (TPSA) is 66.9 Å². The van der Waals surface area contributed by atoms with Gasteiger partial charge in [-0.15, -0.1) is 0 Å².